The van der Waals surface area contributed by atoms with Crippen molar-refractivity contribution in [2.75, 3.05) is 48.9 Å². The van der Waals surface area contributed by atoms with Gasteiger partial charge in [0.05, 0.1) is 24.4 Å². The average molecular weight is 471 g/mol. The number of pyridine rings is 1. The van der Waals surface area contributed by atoms with Crippen LogP contribution in [-0.2, 0) is 4.74 Å². The van der Waals surface area contributed by atoms with Crippen LogP contribution in [0.1, 0.15) is 15.9 Å². The highest BCUT2D eigenvalue weighted by atomic mass is 19.1. The summed E-state index contributed by atoms with van der Waals surface area (Å²) in [4.78, 5) is 21.9. The number of rotatable bonds is 4. The first-order chi connectivity index (χ1) is 16.9. The van der Waals surface area contributed by atoms with Gasteiger partial charge in [-0.3, -0.25) is 4.79 Å². The number of aromatic nitrogens is 1. The van der Waals surface area contributed by atoms with E-state index in [4.69, 9.17) is 10.5 Å². The first-order valence-corrected chi connectivity index (χ1v) is 11.6. The third-order valence-electron chi connectivity index (χ3n) is 6.49. The molecule has 0 unspecified atom stereocenters. The van der Waals surface area contributed by atoms with Crippen molar-refractivity contribution in [3.8, 4) is 11.1 Å². The van der Waals surface area contributed by atoms with Gasteiger partial charge in [0, 0.05) is 36.8 Å². The van der Waals surface area contributed by atoms with Crippen LogP contribution in [0.25, 0.3) is 22.0 Å². The number of nitrogen functional groups attached to an aromatic ring is 1. The number of ether oxygens (including phenoxy) is 1. The second kappa shape index (κ2) is 9.35. The molecule has 1 aromatic heterocycles. The largest absolute Gasteiger partial charge is 0.382 e. The van der Waals surface area contributed by atoms with E-state index < -0.39 is 0 Å². The number of benzene rings is 3. The summed E-state index contributed by atoms with van der Waals surface area (Å²) in [5.41, 5.74) is 11.9. The van der Waals surface area contributed by atoms with Crippen LogP contribution in [0.5, 0.6) is 0 Å². The van der Waals surface area contributed by atoms with Crippen LogP contribution in [0, 0.1) is 12.7 Å². The molecule has 1 saturated heterocycles. The van der Waals surface area contributed by atoms with Crippen molar-refractivity contribution in [3.05, 3.63) is 83.7 Å². The Morgan fingerprint density at radius 1 is 1.06 bits per heavy atom. The number of fused-ring (bicyclic) bond motifs is 1. The lowest BCUT2D eigenvalue weighted by Crippen LogP contribution is -2.36. The zero-order valence-electron chi connectivity index (χ0n) is 19.8. The Morgan fingerprint density at radius 3 is 2.54 bits per heavy atom. The third-order valence-corrected chi connectivity index (χ3v) is 6.49. The summed E-state index contributed by atoms with van der Waals surface area (Å²) >= 11 is 0. The molecular formula is C28H27FN4O2. The fourth-order valence-corrected chi connectivity index (χ4v) is 4.59. The van der Waals surface area contributed by atoms with Gasteiger partial charge in [-0.25, -0.2) is 9.37 Å². The molecule has 0 bridgehead atoms. The zero-order valence-corrected chi connectivity index (χ0v) is 19.8. The van der Waals surface area contributed by atoms with Crippen LogP contribution in [0.3, 0.4) is 0 Å². The standard InChI is InChI=1S/C28H27FN4O2/c1-18-4-3-5-23(28(34)32(2)22-9-7-21(29)8-10-22)26(18)19-6-11-24-20(16-19)17-25(27(30)31-24)33-12-14-35-15-13-33/h3-11,16-17H,12-15H2,1-2H3,(H2,30,31). The smallest absolute Gasteiger partial charge is 0.258 e. The van der Waals surface area contributed by atoms with Crippen molar-refractivity contribution in [2.45, 2.75) is 6.92 Å². The number of halogens is 1. The molecule has 1 aliphatic rings. The molecule has 0 atom stereocenters. The average Bonchev–Trinajstić information content (AvgIpc) is 2.88. The van der Waals surface area contributed by atoms with Crippen molar-refractivity contribution in [1.82, 2.24) is 4.98 Å². The van der Waals surface area contributed by atoms with E-state index >= 15 is 0 Å². The number of hydrogen-bond donors (Lipinski definition) is 1. The van der Waals surface area contributed by atoms with E-state index in [2.05, 4.69) is 22.0 Å². The van der Waals surface area contributed by atoms with Crippen molar-refractivity contribution >= 4 is 34.0 Å². The lowest BCUT2D eigenvalue weighted by Gasteiger charge is -2.29. The molecule has 2 N–H and O–H groups in total. The molecule has 6 nitrogen and oxygen atoms in total. The third kappa shape index (κ3) is 4.42. The Hall–Kier alpha value is -3.97. The van der Waals surface area contributed by atoms with E-state index in [9.17, 15) is 9.18 Å². The minimum atomic E-state index is -0.340. The van der Waals surface area contributed by atoms with Gasteiger partial charge in [-0.1, -0.05) is 18.2 Å². The maximum atomic E-state index is 13.5. The molecule has 0 spiro atoms. The lowest BCUT2D eigenvalue weighted by atomic mass is 9.93. The van der Waals surface area contributed by atoms with Crippen LogP contribution in [0.2, 0.25) is 0 Å². The molecule has 35 heavy (non-hydrogen) atoms. The van der Waals surface area contributed by atoms with Gasteiger partial charge in [0.2, 0.25) is 0 Å². The number of nitrogens with zero attached hydrogens (tertiary/aromatic N) is 3. The Kier molecular flexibility index (Phi) is 6.09. The molecule has 2 heterocycles. The van der Waals surface area contributed by atoms with Crippen molar-refractivity contribution in [1.29, 1.82) is 0 Å². The predicted molar refractivity (Wildman–Crippen MR) is 138 cm³/mol. The van der Waals surface area contributed by atoms with Crippen molar-refractivity contribution in [2.24, 2.45) is 0 Å². The number of amides is 1. The Morgan fingerprint density at radius 2 is 1.80 bits per heavy atom. The van der Waals surface area contributed by atoms with Gasteiger partial charge in [-0.15, -0.1) is 0 Å². The van der Waals surface area contributed by atoms with Crippen molar-refractivity contribution in [3.63, 3.8) is 0 Å². The minimum Gasteiger partial charge on any atom is -0.382 e. The SMILES string of the molecule is Cc1cccc(C(=O)N(C)c2ccc(F)cc2)c1-c1ccc2nc(N)c(N3CCOCC3)cc2c1. The summed E-state index contributed by atoms with van der Waals surface area (Å²) in [5, 5.41) is 0.951. The molecule has 0 aliphatic carbocycles. The molecule has 4 aromatic rings. The second-order valence-corrected chi connectivity index (χ2v) is 8.74. The van der Waals surface area contributed by atoms with Gasteiger partial charge < -0.3 is 20.3 Å². The van der Waals surface area contributed by atoms with E-state index in [1.807, 2.05) is 37.3 Å². The van der Waals surface area contributed by atoms with Gasteiger partial charge in [0.15, 0.2) is 0 Å². The maximum absolute atomic E-state index is 13.5. The molecule has 1 aliphatic heterocycles. The molecule has 0 saturated carbocycles. The molecule has 1 amide bonds. The highest BCUT2D eigenvalue weighted by Gasteiger charge is 2.21. The zero-order chi connectivity index (χ0) is 24.5. The van der Waals surface area contributed by atoms with Crippen LogP contribution in [0.15, 0.2) is 66.7 Å². The van der Waals surface area contributed by atoms with Gasteiger partial charge in [0.25, 0.3) is 5.91 Å². The van der Waals surface area contributed by atoms with Crippen LogP contribution in [-0.4, -0.2) is 44.2 Å². The molecule has 3 aromatic carbocycles. The summed E-state index contributed by atoms with van der Waals surface area (Å²) in [5.74, 6) is -0.00706. The van der Waals surface area contributed by atoms with Crippen LogP contribution >= 0.6 is 0 Å². The number of morpholine rings is 1. The first kappa shape index (κ1) is 22.8. The Labute approximate surface area is 203 Å². The molecule has 0 radical (unpaired) electrons. The van der Waals surface area contributed by atoms with Crippen LogP contribution in [0.4, 0.5) is 21.6 Å². The second-order valence-electron chi connectivity index (χ2n) is 8.74. The summed E-state index contributed by atoms with van der Waals surface area (Å²) < 4.78 is 18.9. The highest BCUT2D eigenvalue weighted by molar-refractivity contribution is 6.10. The summed E-state index contributed by atoms with van der Waals surface area (Å²) in [6.45, 7) is 4.85. The summed E-state index contributed by atoms with van der Waals surface area (Å²) in [6, 6.07) is 19.6. The number of anilines is 3. The fourth-order valence-electron chi connectivity index (χ4n) is 4.59. The number of aryl methyl sites for hydroxylation is 1. The molecule has 178 valence electrons. The first-order valence-electron chi connectivity index (χ1n) is 11.6. The number of carbonyl (C=O) groups excluding carboxylic acids is 1. The molecule has 5 rings (SSSR count). The van der Waals surface area contributed by atoms with Gasteiger partial charge in [-0.05, 0) is 72.1 Å². The van der Waals surface area contributed by atoms with E-state index in [1.165, 1.54) is 17.0 Å². The topological polar surface area (TPSA) is 71.7 Å². The predicted octanol–water partition coefficient (Wildman–Crippen LogP) is 5.04. The molecule has 1 fully saturated rings. The quantitative estimate of drug-likeness (QED) is 0.452. The summed E-state index contributed by atoms with van der Waals surface area (Å²) in [7, 11) is 1.70. The lowest BCUT2D eigenvalue weighted by molar-refractivity contribution is 0.0993. The molecular weight excluding hydrogens is 443 g/mol. The highest BCUT2D eigenvalue weighted by Crippen LogP contribution is 2.34. The fraction of sp³-hybridized carbons (Fsp3) is 0.214. The number of carbonyl (C=O) groups is 1. The number of nitrogens with two attached hydrogens (primary N) is 1. The van der Waals surface area contributed by atoms with Crippen molar-refractivity contribution < 1.29 is 13.9 Å². The molecule has 7 heteroatoms. The van der Waals surface area contributed by atoms with E-state index in [0.29, 0.717) is 30.3 Å². The Bertz CT molecular complexity index is 1400. The number of hydrogen-bond acceptors (Lipinski definition) is 5. The van der Waals surface area contributed by atoms with E-state index in [0.717, 1.165) is 46.4 Å². The minimum absolute atomic E-state index is 0.167. The van der Waals surface area contributed by atoms with Crippen LogP contribution < -0.4 is 15.5 Å². The monoisotopic (exact) mass is 470 g/mol. The Balaban J connectivity index is 1.57. The van der Waals surface area contributed by atoms with E-state index in [-0.39, 0.29) is 11.7 Å². The maximum Gasteiger partial charge on any atom is 0.258 e. The van der Waals surface area contributed by atoms with E-state index in [1.54, 1.807) is 19.2 Å². The van der Waals surface area contributed by atoms with Gasteiger partial charge >= 0.3 is 0 Å². The summed E-state index contributed by atoms with van der Waals surface area (Å²) in [6.07, 6.45) is 0. The normalized spacial score (nSPS) is 13.7. The van der Waals surface area contributed by atoms with Gasteiger partial charge in [0.1, 0.15) is 11.6 Å². The van der Waals surface area contributed by atoms with Gasteiger partial charge in [-0.2, -0.15) is 0 Å².